The Morgan fingerprint density at radius 3 is 3.12 bits per heavy atom. The third-order valence-corrected chi connectivity index (χ3v) is 2.62. The van der Waals surface area contributed by atoms with E-state index in [4.69, 9.17) is 0 Å². The highest BCUT2D eigenvalue weighted by Gasteiger charge is 2.26. The van der Waals surface area contributed by atoms with E-state index < -0.39 is 12.1 Å². The predicted octanol–water partition coefficient (Wildman–Crippen LogP) is 1.42. The zero-order chi connectivity index (χ0) is 11.5. The van der Waals surface area contributed by atoms with Crippen molar-refractivity contribution >= 4 is 11.8 Å². The first-order valence-corrected chi connectivity index (χ1v) is 5.14. The molecule has 0 radical (unpaired) electrons. The Morgan fingerprint density at radius 1 is 1.69 bits per heavy atom. The maximum atomic E-state index is 13.1. The molecule has 2 heterocycles. The number of carbonyl (C=O) groups excluding carboxylic acids is 1. The summed E-state index contributed by atoms with van der Waals surface area (Å²) in [4.78, 5) is 17.4. The fourth-order valence-corrected chi connectivity index (χ4v) is 1.83. The zero-order valence-electron chi connectivity index (χ0n) is 9.02. The topological polar surface area (TPSA) is 42.4 Å². The number of esters is 1. The molecule has 0 amide bonds. The van der Waals surface area contributed by atoms with Crippen molar-refractivity contribution in [2.45, 2.75) is 12.6 Å². The molecular formula is C11H13FN2O2. The molecule has 1 atom stereocenters. The van der Waals surface area contributed by atoms with Crippen molar-refractivity contribution in [2.24, 2.45) is 0 Å². The highest BCUT2D eigenvalue weighted by molar-refractivity contribution is 5.94. The predicted molar refractivity (Wildman–Crippen MR) is 57.3 cm³/mol. The number of hydrogen-bond acceptors (Lipinski definition) is 4. The van der Waals surface area contributed by atoms with Gasteiger partial charge in [-0.1, -0.05) is 0 Å². The minimum Gasteiger partial charge on any atom is -0.465 e. The molecule has 1 aliphatic rings. The van der Waals surface area contributed by atoms with E-state index in [0.717, 1.165) is 0 Å². The number of aromatic nitrogens is 1. The Bertz CT molecular complexity index is 397. The summed E-state index contributed by atoms with van der Waals surface area (Å²) in [5.74, 6) is 0.0694. The van der Waals surface area contributed by atoms with Crippen molar-refractivity contribution in [1.82, 2.24) is 4.98 Å². The molecule has 1 saturated heterocycles. The number of halogens is 1. The summed E-state index contributed by atoms with van der Waals surface area (Å²) < 4.78 is 17.8. The molecule has 4 nitrogen and oxygen atoms in total. The maximum Gasteiger partial charge on any atom is 0.341 e. The summed E-state index contributed by atoms with van der Waals surface area (Å²) in [5, 5.41) is 0. The molecule has 1 aromatic rings. The largest absolute Gasteiger partial charge is 0.465 e. The number of alkyl halides is 1. The fraction of sp³-hybridized carbons (Fsp3) is 0.455. The number of anilines is 1. The molecule has 2 rings (SSSR count). The summed E-state index contributed by atoms with van der Waals surface area (Å²) in [6.07, 6.45) is 1.23. The molecule has 0 spiro atoms. The highest BCUT2D eigenvalue weighted by Crippen LogP contribution is 2.23. The van der Waals surface area contributed by atoms with Crippen molar-refractivity contribution in [2.75, 3.05) is 25.1 Å². The number of methoxy groups -OCH3 is 1. The quantitative estimate of drug-likeness (QED) is 0.712. The van der Waals surface area contributed by atoms with E-state index in [-0.39, 0.29) is 0 Å². The number of ether oxygens (including phenoxy) is 1. The van der Waals surface area contributed by atoms with Crippen LogP contribution in [0.4, 0.5) is 10.2 Å². The molecule has 1 aromatic heterocycles. The van der Waals surface area contributed by atoms with Crippen molar-refractivity contribution in [3.05, 3.63) is 23.9 Å². The SMILES string of the molecule is COC(=O)c1cccnc1N1CCC(F)C1. The normalized spacial score (nSPS) is 19.9. The van der Waals surface area contributed by atoms with Crippen molar-refractivity contribution in [3.63, 3.8) is 0 Å². The highest BCUT2D eigenvalue weighted by atomic mass is 19.1. The van der Waals surface area contributed by atoms with Gasteiger partial charge in [-0.15, -0.1) is 0 Å². The van der Waals surface area contributed by atoms with E-state index in [1.165, 1.54) is 7.11 Å². The second-order valence-corrected chi connectivity index (χ2v) is 3.70. The van der Waals surface area contributed by atoms with Crippen LogP contribution in [0.15, 0.2) is 18.3 Å². The molecule has 16 heavy (non-hydrogen) atoms. The van der Waals surface area contributed by atoms with Gasteiger partial charge >= 0.3 is 5.97 Å². The van der Waals surface area contributed by atoms with Gasteiger partial charge in [-0.2, -0.15) is 0 Å². The van der Waals surface area contributed by atoms with E-state index in [1.54, 1.807) is 23.2 Å². The average Bonchev–Trinajstić information content (AvgIpc) is 2.75. The first-order chi connectivity index (χ1) is 7.72. The standard InChI is InChI=1S/C11H13FN2O2/c1-16-11(15)9-3-2-5-13-10(9)14-6-4-8(12)7-14/h2-3,5,8H,4,6-7H2,1H3. The molecule has 86 valence electrons. The maximum absolute atomic E-state index is 13.1. The second-order valence-electron chi connectivity index (χ2n) is 3.70. The Balaban J connectivity index is 2.29. The average molecular weight is 224 g/mol. The van der Waals surface area contributed by atoms with E-state index in [0.29, 0.717) is 30.9 Å². The third kappa shape index (κ3) is 1.98. The Kier molecular flexibility index (Phi) is 3.03. The molecule has 1 fully saturated rings. The fourth-order valence-electron chi connectivity index (χ4n) is 1.83. The van der Waals surface area contributed by atoms with Gasteiger partial charge in [0.1, 0.15) is 17.6 Å². The van der Waals surface area contributed by atoms with E-state index in [1.807, 2.05) is 0 Å². The Hall–Kier alpha value is -1.65. The third-order valence-electron chi connectivity index (χ3n) is 2.62. The molecule has 1 aliphatic heterocycles. The summed E-state index contributed by atoms with van der Waals surface area (Å²) >= 11 is 0. The summed E-state index contributed by atoms with van der Waals surface area (Å²) in [7, 11) is 1.32. The van der Waals surface area contributed by atoms with Crippen molar-refractivity contribution in [3.8, 4) is 0 Å². The van der Waals surface area contributed by atoms with Gasteiger partial charge in [0.25, 0.3) is 0 Å². The number of nitrogens with zero attached hydrogens (tertiary/aromatic N) is 2. The minimum absolute atomic E-state index is 0.293. The molecule has 5 heteroatoms. The van der Waals surface area contributed by atoms with E-state index in [9.17, 15) is 9.18 Å². The van der Waals surface area contributed by atoms with Crippen LogP contribution >= 0.6 is 0 Å². The Labute approximate surface area is 93.0 Å². The van der Waals surface area contributed by atoms with Gasteiger partial charge < -0.3 is 9.64 Å². The van der Waals surface area contributed by atoms with Crippen LogP contribution in [-0.2, 0) is 4.74 Å². The molecule has 1 unspecified atom stereocenters. The Morgan fingerprint density at radius 2 is 2.50 bits per heavy atom. The van der Waals surface area contributed by atoms with Crippen LogP contribution in [0, 0.1) is 0 Å². The first kappa shape index (κ1) is 10.9. The van der Waals surface area contributed by atoms with Crippen LogP contribution in [0.5, 0.6) is 0 Å². The van der Waals surface area contributed by atoms with Gasteiger partial charge in [-0.25, -0.2) is 14.2 Å². The molecule has 0 bridgehead atoms. The van der Waals surface area contributed by atoms with Gasteiger partial charge in [0.05, 0.1) is 13.7 Å². The van der Waals surface area contributed by atoms with Crippen molar-refractivity contribution in [1.29, 1.82) is 0 Å². The van der Waals surface area contributed by atoms with Gasteiger partial charge in [0.2, 0.25) is 0 Å². The number of hydrogen-bond donors (Lipinski definition) is 0. The molecule has 0 N–H and O–H groups in total. The summed E-state index contributed by atoms with van der Waals surface area (Å²) in [6, 6.07) is 3.30. The monoisotopic (exact) mass is 224 g/mol. The van der Waals surface area contributed by atoms with Crippen molar-refractivity contribution < 1.29 is 13.9 Å². The van der Waals surface area contributed by atoms with E-state index >= 15 is 0 Å². The van der Waals surface area contributed by atoms with E-state index in [2.05, 4.69) is 9.72 Å². The lowest BCUT2D eigenvalue weighted by Crippen LogP contribution is -2.24. The first-order valence-electron chi connectivity index (χ1n) is 5.14. The van der Waals surface area contributed by atoms with Crippen LogP contribution in [0.2, 0.25) is 0 Å². The van der Waals surface area contributed by atoms with Gasteiger partial charge in [-0.05, 0) is 18.6 Å². The number of carbonyl (C=O) groups is 1. The molecular weight excluding hydrogens is 211 g/mol. The van der Waals surface area contributed by atoms with Gasteiger partial charge in [0.15, 0.2) is 0 Å². The summed E-state index contributed by atoms with van der Waals surface area (Å²) in [6.45, 7) is 0.878. The lowest BCUT2D eigenvalue weighted by molar-refractivity contribution is 0.0601. The lowest BCUT2D eigenvalue weighted by atomic mass is 10.2. The van der Waals surface area contributed by atoms with Crippen LogP contribution in [-0.4, -0.2) is 37.3 Å². The minimum atomic E-state index is -0.840. The number of rotatable bonds is 2. The zero-order valence-corrected chi connectivity index (χ0v) is 9.02. The lowest BCUT2D eigenvalue weighted by Gasteiger charge is -2.18. The second kappa shape index (κ2) is 4.47. The molecule has 0 aliphatic carbocycles. The van der Waals surface area contributed by atoms with Crippen LogP contribution in [0.3, 0.4) is 0 Å². The van der Waals surface area contributed by atoms with Crippen LogP contribution < -0.4 is 4.90 Å². The molecule has 0 aromatic carbocycles. The van der Waals surface area contributed by atoms with Gasteiger partial charge in [-0.3, -0.25) is 0 Å². The molecule has 0 saturated carbocycles. The summed E-state index contributed by atoms with van der Waals surface area (Å²) in [5.41, 5.74) is 0.388. The van der Waals surface area contributed by atoms with Gasteiger partial charge in [0, 0.05) is 12.7 Å². The number of pyridine rings is 1. The van der Waals surface area contributed by atoms with Crippen LogP contribution in [0.25, 0.3) is 0 Å². The smallest absolute Gasteiger partial charge is 0.341 e. The van der Waals surface area contributed by atoms with Crippen LogP contribution in [0.1, 0.15) is 16.8 Å².